The zero-order valence-corrected chi connectivity index (χ0v) is 11.5. The maximum atomic E-state index is 4.47. The number of hydrogen-bond acceptors (Lipinski definition) is 3. The van der Waals surface area contributed by atoms with Gasteiger partial charge in [-0.05, 0) is 29.8 Å². The molecule has 3 rings (SSSR count). The molecule has 0 unspecified atom stereocenters. The Morgan fingerprint density at radius 1 is 0.762 bits per heavy atom. The molecule has 3 heteroatoms. The number of nitrogens with one attached hydrogen (secondary N) is 1. The van der Waals surface area contributed by atoms with Crippen molar-refractivity contribution < 1.29 is 0 Å². The zero-order chi connectivity index (χ0) is 14.3. The first-order valence-corrected chi connectivity index (χ1v) is 6.78. The molecule has 3 aromatic rings. The van der Waals surface area contributed by atoms with Crippen molar-refractivity contribution in [2.24, 2.45) is 0 Å². The smallest absolute Gasteiger partial charge is 0.227 e. The van der Waals surface area contributed by atoms with E-state index in [1.165, 1.54) is 0 Å². The van der Waals surface area contributed by atoms with Crippen molar-refractivity contribution in [2.45, 2.75) is 0 Å². The lowest BCUT2D eigenvalue weighted by molar-refractivity contribution is 1.15. The summed E-state index contributed by atoms with van der Waals surface area (Å²) in [6.07, 6.45) is 5.77. The summed E-state index contributed by atoms with van der Waals surface area (Å²) < 4.78 is 0. The molecule has 0 bridgehead atoms. The van der Waals surface area contributed by atoms with Gasteiger partial charge in [0.15, 0.2) is 0 Å². The number of aromatic nitrogens is 2. The minimum atomic E-state index is 0.594. The highest BCUT2D eigenvalue weighted by Crippen LogP contribution is 2.13. The van der Waals surface area contributed by atoms with Crippen molar-refractivity contribution in [2.75, 3.05) is 5.32 Å². The maximum absolute atomic E-state index is 4.47. The standard InChI is InChI=1S/C18H15N3/c1-3-7-15(8-4-1)11-12-17-13-14-19-18(21-17)20-16-9-5-2-6-10-16/h1-14H,(H,19,20,21)/b12-11+. The van der Waals surface area contributed by atoms with Gasteiger partial charge < -0.3 is 5.32 Å². The Hall–Kier alpha value is -2.94. The fraction of sp³-hybridized carbons (Fsp3) is 0. The molecule has 0 spiro atoms. The zero-order valence-electron chi connectivity index (χ0n) is 11.5. The van der Waals surface area contributed by atoms with Gasteiger partial charge in [-0.25, -0.2) is 9.97 Å². The Morgan fingerprint density at radius 3 is 2.24 bits per heavy atom. The molecule has 0 atom stereocenters. The molecule has 0 saturated heterocycles. The molecule has 0 amide bonds. The monoisotopic (exact) mass is 273 g/mol. The van der Waals surface area contributed by atoms with E-state index < -0.39 is 0 Å². The highest BCUT2D eigenvalue weighted by molar-refractivity contribution is 5.68. The summed E-state index contributed by atoms with van der Waals surface area (Å²) in [6.45, 7) is 0. The lowest BCUT2D eigenvalue weighted by Crippen LogP contribution is -1.97. The Morgan fingerprint density at radius 2 is 1.48 bits per heavy atom. The first-order valence-electron chi connectivity index (χ1n) is 6.78. The molecule has 1 aromatic heterocycles. The average molecular weight is 273 g/mol. The normalized spacial score (nSPS) is 10.7. The third kappa shape index (κ3) is 3.76. The second-order valence-corrected chi connectivity index (χ2v) is 4.54. The van der Waals surface area contributed by atoms with E-state index in [1.54, 1.807) is 6.20 Å². The first kappa shape index (κ1) is 13.1. The summed E-state index contributed by atoms with van der Waals surface area (Å²) in [4.78, 5) is 8.71. The van der Waals surface area contributed by atoms with E-state index in [2.05, 4.69) is 27.4 Å². The number of hydrogen-bond donors (Lipinski definition) is 1. The van der Waals surface area contributed by atoms with Crippen LogP contribution in [0.1, 0.15) is 11.3 Å². The molecule has 0 aliphatic carbocycles. The van der Waals surface area contributed by atoms with Crippen molar-refractivity contribution in [3.8, 4) is 0 Å². The van der Waals surface area contributed by atoms with Crippen molar-refractivity contribution >= 4 is 23.8 Å². The third-order valence-corrected chi connectivity index (χ3v) is 2.95. The Labute approximate surface area is 124 Å². The van der Waals surface area contributed by atoms with Gasteiger partial charge >= 0.3 is 0 Å². The first-order chi connectivity index (χ1) is 10.4. The molecule has 0 aliphatic heterocycles. The predicted molar refractivity (Wildman–Crippen MR) is 87.1 cm³/mol. The highest BCUT2D eigenvalue weighted by atomic mass is 15.1. The highest BCUT2D eigenvalue weighted by Gasteiger charge is 1.97. The largest absolute Gasteiger partial charge is 0.324 e. The lowest BCUT2D eigenvalue weighted by atomic mass is 10.2. The quantitative estimate of drug-likeness (QED) is 0.766. The summed E-state index contributed by atoms with van der Waals surface area (Å²) in [6, 6.07) is 21.9. The Kier molecular flexibility index (Phi) is 4.03. The summed E-state index contributed by atoms with van der Waals surface area (Å²) in [5, 5.41) is 3.19. The molecule has 21 heavy (non-hydrogen) atoms. The summed E-state index contributed by atoms with van der Waals surface area (Å²) in [5.74, 6) is 0.594. The van der Waals surface area contributed by atoms with E-state index in [0.29, 0.717) is 5.95 Å². The van der Waals surface area contributed by atoms with Crippen molar-refractivity contribution in [3.05, 3.63) is 84.2 Å². The predicted octanol–water partition coefficient (Wildman–Crippen LogP) is 4.39. The third-order valence-electron chi connectivity index (χ3n) is 2.95. The van der Waals surface area contributed by atoms with Crippen LogP contribution in [0.2, 0.25) is 0 Å². The minimum absolute atomic E-state index is 0.594. The molecular formula is C18H15N3. The Bertz CT molecular complexity index is 722. The topological polar surface area (TPSA) is 37.8 Å². The van der Waals surface area contributed by atoms with Crippen LogP contribution in [0.15, 0.2) is 72.9 Å². The molecule has 0 radical (unpaired) electrons. The van der Waals surface area contributed by atoms with Gasteiger partial charge in [-0.15, -0.1) is 0 Å². The van der Waals surface area contributed by atoms with Gasteiger partial charge in [0, 0.05) is 11.9 Å². The van der Waals surface area contributed by atoms with Gasteiger partial charge in [-0.1, -0.05) is 54.6 Å². The van der Waals surface area contributed by atoms with Gasteiger partial charge in [0.25, 0.3) is 0 Å². The van der Waals surface area contributed by atoms with Crippen LogP contribution in [-0.4, -0.2) is 9.97 Å². The molecule has 1 N–H and O–H groups in total. The fourth-order valence-corrected chi connectivity index (χ4v) is 1.92. The molecule has 0 fully saturated rings. The fourth-order valence-electron chi connectivity index (χ4n) is 1.92. The van der Waals surface area contributed by atoms with Gasteiger partial charge in [0.1, 0.15) is 0 Å². The average Bonchev–Trinajstić information content (AvgIpc) is 2.55. The summed E-state index contributed by atoms with van der Waals surface area (Å²) in [5.41, 5.74) is 2.99. The van der Waals surface area contributed by atoms with E-state index in [9.17, 15) is 0 Å². The minimum Gasteiger partial charge on any atom is -0.324 e. The van der Waals surface area contributed by atoms with Crippen LogP contribution in [0.4, 0.5) is 11.6 Å². The molecule has 1 heterocycles. The SMILES string of the molecule is C(=C\c1ccnc(Nc2ccccc2)n1)/c1ccccc1. The van der Waals surface area contributed by atoms with E-state index >= 15 is 0 Å². The molecule has 2 aromatic carbocycles. The molecule has 102 valence electrons. The maximum Gasteiger partial charge on any atom is 0.227 e. The number of nitrogens with zero attached hydrogens (tertiary/aromatic N) is 2. The number of benzene rings is 2. The van der Waals surface area contributed by atoms with Gasteiger partial charge in [-0.3, -0.25) is 0 Å². The van der Waals surface area contributed by atoms with Crippen molar-refractivity contribution in [1.29, 1.82) is 0 Å². The second kappa shape index (κ2) is 6.48. The van der Waals surface area contributed by atoms with Crippen LogP contribution < -0.4 is 5.32 Å². The van der Waals surface area contributed by atoms with Crippen LogP contribution >= 0.6 is 0 Å². The van der Waals surface area contributed by atoms with Crippen LogP contribution in [0, 0.1) is 0 Å². The molecule has 0 aliphatic rings. The van der Waals surface area contributed by atoms with Crippen LogP contribution in [0.25, 0.3) is 12.2 Å². The van der Waals surface area contributed by atoms with E-state index in [4.69, 9.17) is 0 Å². The van der Waals surface area contributed by atoms with Gasteiger partial charge in [-0.2, -0.15) is 0 Å². The van der Waals surface area contributed by atoms with E-state index in [1.807, 2.05) is 66.7 Å². The van der Waals surface area contributed by atoms with Crippen LogP contribution in [-0.2, 0) is 0 Å². The number of rotatable bonds is 4. The van der Waals surface area contributed by atoms with Crippen molar-refractivity contribution in [3.63, 3.8) is 0 Å². The number of para-hydroxylation sites is 1. The Balaban J connectivity index is 1.76. The van der Waals surface area contributed by atoms with E-state index in [0.717, 1.165) is 16.9 Å². The van der Waals surface area contributed by atoms with Crippen molar-refractivity contribution in [1.82, 2.24) is 9.97 Å². The van der Waals surface area contributed by atoms with Gasteiger partial charge in [0.2, 0.25) is 5.95 Å². The van der Waals surface area contributed by atoms with Gasteiger partial charge in [0.05, 0.1) is 5.69 Å². The second-order valence-electron chi connectivity index (χ2n) is 4.54. The summed E-state index contributed by atoms with van der Waals surface area (Å²) in [7, 11) is 0. The van der Waals surface area contributed by atoms with Crippen LogP contribution in [0.5, 0.6) is 0 Å². The summed E-state index contributed by atoms with van der Waals surface area (Å²) >= 11 is 0. The van der Waals surface area contributed by atoms with E-state index in [-0.39, 0.29) is 0 Å². The molecule has 0 saturated carbocycles. The lowest BCUT2D eigenvalue weighted by Gasteiger charge is -2.04. The molecule has 3 nitrogen and oxygen atoms in total. The van der Waals surface area contributed by atoms with Crippen LogP contribution in [0.3, 0.4) is 0 Å². The molecular weight excluding hydrogens is 258 g/mol. The number of anilines is 2.